The van der Waals surface area contributed by atoms with Crippen molar-refractivity contribution in [2.24, 2.45) is 11.8 Å². The van der Waals surface area contributed by atoms with Gasteiger partial charge in [0.25, 0.3) is 0 Å². The van der Waals surface area contributed by atoms with E-state index in [1.165, 1.54) is 14.2 Å². The Balaban J connectivity index is 1.09. The van der Waals surface area contributed by atoms with Crippen LogP contribution in [0.4, 0.5) is 9.59 Å². The average Bonchev–Trinajstić information content (AvgIpc) is 4.06. The summed E-state index contributed by atoms with van der Waals surface area (Å²) in [6.45, 7) is 10.8. The van der Waals surface area contributed by atoms with Gasteiger partial charge in [-0.05, 0) is 67.2 Å². The summed E-state index contributed by atoms with van der Waals surface area (Å²) in [5.41, 5.74) is 7.75. The number of carbonyl (C=O) groups is 4. The number of fused-ring (bicyclic) bond motifs is 1. The highest BCUT2D eigenvalue weighted by Gasteiger charge is 2.39. The van der Waals surface area contributed by atoms with Gasteiger partial charge in [-0.3, -0.25) is 9.59 Å². The van der Waals surface area contributed by atoms with Crippen molar-refractivity contribution in [2.75, 3.05) is 27.3 Å². The molecule has 4 amide bonds. The molecule has 5 N–H and O–H groups in total. The number of nitrogens with one attached hydrogen (secondary N) is 5. The summed E-state index contributed by atoms with van der Waals surface area (Å²) >= 11 is 0. The Morgan fingerprint density at radius 2 is 1.17 bits per heavy atom. The van der Waals surface area contributed by atoms with E-state index in [1.807, 2.05) is 56.8 Å². The van der Waals surface area contributed by atoms with Gasteiger partial charge in [0, 0.05) is 29.7 Å². The highest BCUT2D eigenvalue weighted by Crippen LogP contribution is 2.39. The van der Waals surface area contributed by atoms with Crippen molar-refractivity contribution in [3.05, 3.63) is 72.2 Å². The normalized spacial score (nSPS) is 17.9. The topological polar surface area (TPSA) is 190 Å². The van der Waals surface area contributed by atoms with Crippen molar-refractivity contribution >= 4 is 34.9 Å². The average molecular weight is 792 g/mol. The molecule has 0 radical (unpaired) electrons. The quantitative estimate of drug-likeness (QED) is 0.0944. The first-order valence-electron chi connectivity index (χ1n) is 20.0. The number of H-pyrrole nitrogens is 3. The molecule has 2 aliphatic heterocycles. The van der Waals surface area contributed by atoms with Gasteiger partial charge in [0.1, 0.15) is 23.7 Å². The van der Waals surface area contributed by atoms with Gasteiger partial charge < -0.3 is 44.9 Å². The van der Waals surface area contributed by atoms with Gasteiger partial charge in [-0.15, -0.1) is 0 Å². The maximum absolute atomic E-state index is 13.7. The van der Waals surface area contributed by atoms with Crippen LogP contribution in [-0.4, -0.2) is 98.1 Å². The number of methoxy groups -OCH3 is 2. The molecule has 0 spiro atoms. The lowest BCUT2D eigenvalue weighted by Crippen LogP contribution is -2.51. The van der Waals surface area contributed by atoms with E-state index in [4.69, 9.17) is 19.4 Å². The first kappa shape index (κ1) is 40.1. The van der Waals surface area contributed by atoms with E-state index >= 15 is 0 Å². The zero-order chi connectivity index (χ0) is 41.2. The molecule has 0 bridgehead atoms. The van der Waals surface area contributed by atoms with E-state index in [0.29, 0.717) is 18.9 Å². The molecule has 2 fully saturated rings. The van der Waals surface area contributed by atoms with E-state index in [-0.39, 0.29) is 35.7 Å². The Bertz CT molecular complexity index is 2290. The van der Waals surface area contributed by atoms with Crippen LogP contribution in [0.15, 0.2) is 54.9 Å². The second-order valence-corrected chi connectivity index (χ2v) is 15.9. The Morgan fingerprint density at radius 1 is 0.690 bits per heavy atom. The van der Waals surface area contributed by atoms with Gasteiger partial charge in [0.15, 0.2) is 0 Å². The SMILES string of the molecule is COC(=O)NC(C(=O)N1CCCC1c1ncc(-c2ccc(-c3ccc(-c4cnc(C5CCCN5C(=O)C(NC(=O)OC)C(C)C)[nH]4)c4[nH]c(C)cc34)cc2)[nH]1)C(C)C. The minimum absolute atomic E-state index is 0.112. The minimum Gasteiger partial charge on any atom is -0.453 e. The van der Waals surface area contributed by atoms with Crippen LogP contribution in [0, 0.1) is 18.8 Å². The fourth-order valence-corrected chi connectivity index (χ4v) is 8.34. The zero-order valence-corrected chi connectivity index (χ0v) is 34.1. The molecular formula is C43H53N9O6. The summed E-state index contributed by atoms with van der Waals surface area (Å²) < 4.78 is 9.55. The number of hydrogen-bond donors (Lipinski definition) is 5. The summed E-state index contributed by atoms with van der Waals surface area (Å²) in [6, 6.07) is 12.8. The van der Waals surface area contributed by atoms with Gasteiger partial charge in [0.2, 0.25) is 11.8 Å². The summed E-state index contributed by atoms with van der Waals surface area (Å²) in [4.78, 5) is 75.0. The number of alkyl carbamates (subject to hydrolysis) is 2. The number of likely N-dealkylation sites (tertiary alicyclic amines) is 2. The van der Waals surface area contributed by atoms with Crippen LogP contribution >= 0.6 is 0 Å². The van der Waals surface area contributed by atoms with E-state index in [9.17, 15) is 19.2 Å². The number of hydrogen-bond acceptors (Lipinski definition) is 8. The standard InChI is InChI=1S/C43H53N9O6/c1-23(2)35(49-42(55)57-6)40(53)51-18-8-10-33(51)38-44-21-31(47-38)27-14-12-26(13-15-27)28-16-17-29(37-30(28)20-25(5)46-37)32-22-45-39(48-32)34-11-9-19-52(34)41(54)36(24(3)4)50-43(56)58-7/h12-17,20-24,33-36,46H,8-11,18-19H2,1-7H3,(H,44,47)(H,45,48)(H,49,55)(H,50,56). The molecule has 15 heteroatoms. The lowest BCUT2D eigenvalue weighted by atomic mass is 9.97. The Hall–Kier alpha value is -6.12. The number of rotatable bonds is 11. The van der Waals surface area contributed by atoms with Crippen LogP contribution in [0.2, 0.25) is 0 Å². The van der Waals surface area contributed by atoms with Gasteiger partial charge in [0.05, 0.1) is 55.6 Å². The monoisotopic (exact) mass is 791 g/mol. The van der Waals surface area contributed by atoms with Gasteiger partial charge in [-0.1, -0.05) is 64.1 Å². The molecule has 2 aliphatic rings. The second-order valence-electron chi connectivity index (χ2n) is 15.9. The predicted molar refractivity (Wildman–Crippen MR) is 219 cm³/mol. The molecule has 2 aromatic carbocycles. The van der Waals surface area contributed by atoms with E-state index in [2.05, 4.69) is 68.1 Å². The number of imidazole rings is 2. The number of amides is 4. The van der Waals surface area contributed by atoms with E-state index in [0.717, 1.165) is 81.7 Å². The number of ether oxygens (including phenoxy) is 2. The Morgan fingerprint density at radius 3 is 1.69 bits per heavy atom. The summed E-state index contributed by atoms with van der Waals surface area (Å²) in [6.07, 6.45) is 5.59. The molecule has 0 aliphatic carbocycles. The summed E-state index contributed by atoms with van der Waals surface area (Å²) in [7, 11) is 2.58. The molecule has 2 saturated heterocycles. The van der Waals surface area contributed by atoms with Crippen LogP contribution in [0.1, 0.15) is 82.8 Å². The molecule has 4 atom stereocenters. The third kappa shape index (κ3) is 7.89. The highest BCUT2D eigenvalue weighted by molar-refractivity contribution is 6.03. The van der Waals surface area contributed by atoms with Crippen molar-refractivity contribution in [3.63, 3.8) is 0 Å². The number of aryl methyl sites for hydroxylation is 1. The molecule has 5 aromatic rings. The largest absolute Gasteiger partial charge is 0.453 e. The molecule has 4 unspecified atom stereocenters. The van der Waals surface area contributed by atoms with Gasteiger partial charge in [-0.2, -0.15) is 0 Å². The van der Waals surface area contributed by atoms with E-state index < -0.39 is 24.3 Å². The van der Waals surface area contributed by atoms with Crippen LogP contribution in [0.5, 0.6) is 0 Å². The third-order valence-corrected chi connectivity index (χ3v) is 11.4. The van der Waals surface area contributed by atoms with Crippen LogP contribution < -0.4 is 10.6 Å². The van der Waals surface area contributed by atoms with Crippen LogP contribution in [0.25, 0.3) is 44.5 Å². The second kappa shape index (κ2) is 16.8. The maximum Gasteiger partial charge on any atom is 0.407 e. The highest BCUT2D eigenvalue weighted by atomic mass is 16.5. The van der Waals surface area contributed by atoms with E-state index in [1.54, 1.807) is 0 Å². The van der Waals surface area contributed by atoms with Crippen LogP contribution in [0.3, 0.4) is 0 Å². The Labute approximate surface area is 337 Å². The first-order chi connectivity index (χ1) is 27.9. The van der Waals surface area contributed by atoms with Gasteiger partial charge >= 0.3 is 12.2 Å². The van der Waals surface area contributed by atoms with Crippen molar-refractivity contribution in [1.82, 2.24) is 45.4 Å². The minimum atomic E-state index is -0.704. The lowest BCUT2D eigenvalue weighted by molar-refractivity contribution is -0.136. The van der Waals surface area contributed by atoms with Gasteiger partial charge in [-0.25, -0.2) is 19.6 Å². The lowest BCUT2D eigenvalue weighted by Gasteiger charge is -2.30. The molecule has 7 rings (SSSR count). The molecule has 3 aromatic heterocycles. The molecule has 5 heterocycles. The number of aromatic amines is 3. The zero-order valence-electron chi connectivity index (χ0n) is 34.1. The van der Waals surface area contributed by atoms with Crippen LogP contribution in [-0.2, 0) is 19.1 Å². The van der Waals surface area contributed by atoms with Crippen molar-refractivity contribution < 1.29 is 28.7 Å². The molecule has 58 heavy (non-hydrogen) atoms. The molecule has 0 saturated carbocycles. The smallest absolute Gasteiger partial charge is 0.407 e. The Kier molecular flexibility index (Phi) is 11.6. The molecular weight excluding hydrogens is 739 g/mol. The summed E-state index contributed by atoms with van der Waals surface area (Å²) in [5.74, 6) is 0.905. The number of carbonyl (C=O) groups excluding carboxylic acids is 4. The number of benzene rings is 2. The van der Waals surface area contributed by atoms with Crippen molar-refractivity contribution in [3.8, 4) is 33.6 Å². The first-order valence-corrected chi connectivity index (χ1v) is 20.0. The molecule has 15 nitrogen and oxygen atoms in total. The fourth-order valence-electron chi connectivity index (χ4n) is 8.34. The predicted octanol–water partition coefficient (Wildman–Crippen LogP) is 7.01. The maximum atomic E-state index is 13.7. The fraction of sp³-hybridized carbons (Fsp3) is 0.442. The van der Waals surface area contributed by atoms with Crippen molar-refractivity contribution in [1.29, 1.82) is 0 Å². The van der Waals surface area contributed by atoms with Crippen molar-refractivity contribution in [2.45, 2.75) is 84.5 Å². The summed E-state index contributed by atoms with van der Waals surface area (Å²) in [5, 5.41) is 6.48. The number of aromatic nitrogens is 5. The number of nitrogens with zero attached hydrogens (tertiary/aromatic N) is 4. The molecule has 306 valence electrons. The third-order valence-electron chi connectivity index (χ3n) is 11.4.